The Morgan fingerprint density at radius 2 is 1.91 bits per heavy atom. The van der Waals surface area contributed by atoms with Crippen molar-refractivity contribution in [1.82, 2.24) is 0 Å². The molecule has 1 unspecified atom stereocenters. The summed E-state index contributed by atoms with van der Waals surface area (Å²) in [5, 5.41) is 10.8. The lowest BCUT2D eigenvalue weighted by Gasteiger charge is -2.12. The molecule has 0 heterocycles. The van der Waals surface area contributed by atoms with E-state index < -0.39 is 23.1 Å². The van der Waals surface area contributed by atoms with Crippen LogP contribution >= 0.6 is 0 Å². The zero-order valence-electron chi connectivity index (χ0n) is 11.9. The molecule has 22 heavy (non-hydrogen) atoms. The van der Waals surface area contributed by atoms with Crippen molar-refractivity contribution in [3.8, 4) is 0 Å². The predicted molar refractivity (Wildman–Crippen MR) is 80.0 cm³/mol. The van der Waals surface area contributed by atoms with Crippen LogP contribution in [0.15, 0.2) is 35.3 Å². The SMILES string of the molecule is NC(N)=NC(CC[C@H](N)C(=O)OCc1ccccc1)[N+](=O)[O-]. The first-order valence-electron chi connectivity index (χ1n) is 6.58. The van der Waals surface area contributed by atoms with E-state index in [1.807, 2.05) is 18.2 Å². The molecule has 9 nitrogen and oxygen atoms in total. The van der Waals surface area contributed by atoms with Crippen molar-refractivity contribution in [1.29, 1.82) is 0 Å². The van der Waals surface area contributed by atoms with Crippen LogP contribution in [0, 0.1) is 10.1 Å². The Morgan fingerprint density at radius 1 is 1.27 bits per heavy atom. The molecule has 120 valence electrons. The predicted octanol–water partition coefficient (Wildman–Crippen LogP) is -0.286. The molecule has 0 aromatic heterocycles. The molecule has 0 saturated carbocycles. The zero-order chi connectivity index (χ0) is 16.5. The van der Waals surface area contributed by atoms with Gasteiger partial charge in [-0.05, 0) is 12.0 Å². The molecule has 0 aliphatic heterocycles. The second-order valence-electron chi connectivity index (χ2n) is 4.60. The average molecular weight is 309 g/mol. The van der Waals surface area contributed by atoms with Gasteiger partial charge in [0.2, 0.25) is 0 Å². The highest BCUT2D eigenvalue weighted by molar-refractivity contribution is 5.76. The Morgan fingerprint density at radius 3 is 2.45 bits per heavy atom. The number of carbonyl (C=O) groups is 1. The van der Waals surface area contributed by atoms with Gasteiger partial charge in [0.1, 0.15) is 12.6 Å². The van der Waals surface area contributed by atoms with Gasteiger partial charge in [-0.3, -0.25) is 14.9 Å². The van der Waals surface area contributed by atoms with Crippen molar-refractivity contribution >= 4 is 11.9 Å². The number of nitro groups is 1. The summed E-state index contributed by atoms with van der Waals surface area (Å²) < 4.78 is 5.04. The number of ether oxygens (including phenoxy) is 1. The van der Waals surface area contributed by atoms with Crippen LogP contribution in [-0.2, 0) is 16.1 Å². The van der Waals surface area contributed by atoms with Crippen molar-refractivity contribution in [3.05, 3.63) is 46.0 Å². The topological polar surface area (TPSA) is 160 Å². The molecule has 0 saturated heterocycles. The zero-order valence-corrected chi connectivity index (χ0v) is 11.9. The number of hydrogen-bond acceptors (Lipinski definition) is 6. The Balaban J connectivity index is 2.43. The number of benzene rings is 1. The van der Waals surface area contributed by atoms with E-state index in [1.54, 1.807) is 12.1 Å². The van der Waals surface area contributed by atoms with Crippen molar-refractivity contribution in [3.63, 3.8) is 0 Å². The largest absolute Gasteiger partial charge is 0.460 e. The van der Waals surface area contributed by atoms with Crippen molar-refractivity contribution in [2.75, 3.05) is 0 Å². The maximum Gasteiger partial charge on any atom is 0.323 e. The fraction of sp³-hybridized carbons (Fsp3) is 0.385. The molecule has 0 amide bonds. The molecule has 6 N–H and O–H groups in total. The van der Waals surface area contributed by atoms with E-state index in [2.05, 4.69) is 4.99 Å². The lowest BCUT2D eigenvalue weighted by molar-refractivity contribution is -0.521. The van der Waals surface area contributed by atoms with Gasteiger partial charge >= 0.3 is 12.1 Å². The average Bonchev–Trinajstić information content (AvgIpc) is 2.49. The first-order valence-corrected chi connectivity index (χ1v) is 6.58. The third kappa shape index (κ3) is 6.18. The number of nitrogens with two attached hydrogens (primary N) is 3. The number of hydrogen-bond donors (Lipinski definition) is 3. The smallest absolute Gasteiger partial charge is 0.323 e. The summed E-state index contributed by atoms with van der Waals surface area (Å²) in [7, 11) is 0. The number of nitrogens with zero attached hydrogens (tertiary/aromatic N) is 2. The molecule has 1 aromatic carbocycles. The summed E-state index contributed by atoms with van der Waals surface area (Å²) in [6, 6.07) is 8.12. The molecular weight excluding hydrogens is 290 g/mol. The van der Waals surface area contributed by atoms with Gasteiger partial charge in [-0.1, -0.05) is 30.3 Å². The Kier molecular flexibility index (Phi) is 6.77. The molecular formula is C13H19N5O4. The third-order valence-electron chi connectivity index (χ3n) is 2.80. The summed E-state index contributed by atoms with van der Waals surface area (Å²) >= 11 is 0. The standard InChI is InChI=1S/C13H19N5O4/c14-10(6-7-11(18(20)21)17-13(15)16)12(19)22-8-9-4-2-1-3-5-9/h1-5,10-11H,6-8,14H2,(H4,15,16,17)/t10-,11?/m0/s1. The van der Waals surface area contributed by atoms with Gasteiger partial charge < -0.3 is 21.9 Å². The van der Waals surface area contributed by atoms with E-state index in [0.29, 0.717) is 0 Å². The van der Waals surface area contributed by atoms with Gasteiger partial charge in [0.15, 0.2) is 5.96 Å². The lowest BCUT2D eigenvalue weighted by atomic mass is 10.1. The van der Waals surface area contributed by atoms with Gasteiger partial charge in [0, 0.05) is 11.3 Å². The maximum atomic E-state index is 11.7. The Labute approximate surface area is 127 Å². The summed E-state index contributed by atoms with van der Waals surface area (Å²) in [4.78, 5) is 25.3. The summed E-state index contributed by atoms with van der Waals surface area (Å²) in [5.74, 6) is -1.02. The number of rotatable bonds is 8. The summed E-state index contributed by atoms with van der Waals surface area (Å²) in [5.41, 5.74) is 16.7. The van der Waals surface area contributed by atoms with Gasteiger partial charge in [0.25, 0.3) is 0 Å². The van der Waals surface area contributed by atoms with Gasteiger partial charge in [-0.15, -0.1) is 0 Å². The summed E-state index contributed by atoms with van der Waals surface area (Å²) in [6.45, 7) is 0.0972. The van der Waals surface area contributed by atoms with Gasteiger partial charge in [-0.25, -0.2) is 0 Å². The van der Waals surface area contributed by atoms with Crippen LogP contribution in [0.3, 0.4) is 0 Å². The molecule has 0 spiro atoms. The van der Waals surface area contributed by atoms with Crippen molar-refractivity contribution in [2.45, 2.75) is 31.7 Å². The monoisotopic (exact) mass is 309 g/mol. The fourth-order valence-electron chi connectivity index (χ4n) is 1.67. The number of aliphatic imine (C=N–C) groups is 1. The van der Waals surface area contributed by atoms with Crippen LogP contribution in [0.1, 0.15) is 18.4 Å². The molecule has 9 heteroatoms. The Hall–Kier alpha value is -2.68. The minimum absolute atomic E-state index is 0.0377. The molecule has 1 rings (SSSR count). The quantitative estimate of drug-likeness (QED) is 0.195. The van der Waals surface area contributed by atoms with E-state index in [4.69, 9.17) is 21.9 Å². The molecule has 2 atom stereocenters. The van der Waals surface area contributed by atoms with Crippen LogP contribution in [-0.4, -0.2) is 29.1 Å². The fourth-order valence-corrected chi connectivity index (χ4v) is 1.67. The highest BCUT2D eigenvalue weighted by Gasteiger charge is 2.23. The van der Waals surface area contributed by atoms with E-state index in [-0.39, 0.29) is 25.4 Å². The van der Waals surface area contributed by atoms with Crippen LogP contribution in [0.2, 0.25) is 0 Å². The number of carbonyl (C=O) groups excluding carboxylic acids is 1. The third-order valence-corrected chi connectivity index (χ3v) is 2.80. The molecule has 1 aromatic rings. The minimum Gasteiger partial charge on any atom is -0.460 e. The van der Waals surface area contributed by atoms with Gasteiger partial charge in [0.05, 0.1) is 0 Å². The van der Waals surface area contributed by atoms with E-state index in [0.717, 1.165) is 5.56 Å². The molecule has 0 aliphatic carbocycles. The lowest BCUT2D eigenvalue weighted by Crippen LogP contribution is -2.35. The summed E-state index contributed by atoms with van der Waals surface area (Å²) in [6.07, 6.45) is -1.35. The van der Waals surface area contributed by atoms with E-state index in [1.165, 1.54) is 0 Å². The Bertz CT molecular complexity index is 530. The van der Waals surface area contributed by atoms with Crippen LogP contribution in [0.5, 0.6) is 0 Å². The van der Waals surface area contributed by atoms with Gasteiger partial charge in [-0.2, -0.15) is 4.99 Å². The first kappa shape index (κ1) is 17.4. The van der Waals surface area contributed by atoms with Crippen molar-refractivity contribution < 1.29 is 14.5 Å². The molecule has 0 bridgehead atoms. The van der Waals surface area contributed by atoms with Crippen LogP contribution < -0.4 is 17.2 Å². The highest BCUT2D eigenvalue weighted by atomic mass is 16.6. The molecule has 0 fully saturated rings. The minimum atomic E-state index is -1.32. The number of guanidine groups is 1. The highest BCUT2D eigenvalue weighted by Crippen LogP contribution is 2.08. The van der Waals surface area contributed by atoms with E-state index >= 15 is 0 Å². The second kappa shape index (κ2) is 8.57. The maximum absolute atomic E-state index is 11.7. The van der Waals surface area contributed by atoms with Crippen LogP contribution in [0.4, 0.5) is 0 Å². The normalized spacial score (nSPS) is 13.0. The first-order chi connectivity index (χ1) is 10.4. The van der Waals surface area contributed by atoms with E-state index in [9.17, 15) is 14.9 Å². The molecule has 0 aliphatic rings. The van der Waals surface area contributed by atoms with Crippen molar-refractivity contribution in [2.24, 2.45) is 22.2 Å². The van der Waals surface area contributed by atoms with Crippen LogP contribution in [0.25, 0.3) is 0 Å². The molecule has 0 radical (unpaired) electrons. The number of esters is 1. The second-order valence-corrected chi connectivity index (χ2v) is 4.60.